The second kappa shape index (κ2) is 6.03. The maximum Gasteiger partial charge on any atom is 0.179 e. The average Bonchev–Trinajstić information content (AvgIpc) is 3.26. The number of hydrogen-bond acceptors (Lipinski definition) is 4. The number of hydrogen-bond donors (Lipinski definition) is 1. The Labute approximate surface area is 131 Å². The van der Waals surface area contributed by atoms with Gasteiger partial charge in [-0.05, 0) is 49.9 Å². The second-order valence-corrected chi connectivity index (χ2v) is 6.28. The Bertz CT molecular complexity index is 519. The van der Waals surface area contributed by atoms with Crippen molar-refractivity contribution in [3.05, 3.63) is 22.7 Å². The summed E-state index contributed by atoms with van der Waals surface area (Å²) in [6, 6.07) is 5.01. The lowest BCUT2D eigenvalue weighted by Gasteiger charge is -2.29. The number of rotatable bonds is 5. The van der Waals surface area contributed by atoms with Crippen LogP contribution in [0.15, 0.2) is 12.1 Å². The molecule has 21 heavy (non-hydrogen) atoms. The van der Waals surface area contributed by atoms with Crippen LogP contribution < -0.4 is 15.2 Å². The van der Waals surface area contributed by atoms with E-state index in [-0.39, 0.29) is 0 Å². The van der Waals surface area contributed by atoms with Crippen LogP contribution in [0.5, 0.6) is 11.5 Å². The lowest BCUT2D eigenvalue weighted by molar-refractivity contribution is 0.220. The third-order valence-corrected chi connectivity index (χ3v) is 5.10. The molecule has 1 aliphatic heterocycles. The van der Waals surface area contributed by atoms with Gasteiger partial charge in [-0.3, -0.25) is 4.90 Å². The van der Waals surface area contributed by atoms with Crippen molar-refractivity contribution < 1.29 is 9.47 Å². The molecule has 0 bridgehead atoms. The van der Waals surface area contributed by atoms with Crippen molar-refractivity contribution in [1.82, 2.24) is 4.90 Å². The molecule has 1 saturated heterocycles. The number of methoxy groups -OCH3 is 2. The van der Waals surface area contributed by atoms with Gasteiger partial charge >= 0.3 is 0 Å². The molecule has 1 heterocycles. The number of nitrogens with zero attached hydrogens (tertiary/aromatic N) is 1. The van der Waals surface area contributed by atoms with Crippen LogP contribution in [0.3, 0.4) is 0 Å². The first-order valence-corrected chi connectivity index (χ1v) is 7.95. The van der Waals surface area contributed by atoms with E-state index < -0.39 is 0 Å². The van der Waals surface area contributed by atoms with E-state index in [0.29, 0.717) is 41.1 Å². The third kappa shape index (κ3) is 2.60. The molecule has 0 amide bonds. The fraction of sp³-hybridized carbons (Fsp3) is 0.625. The number of ether oxygens (including phenoxy) is 2. The molecule has 2 aliphatic rings. The van der Waals surface area contributed by atoms with E-state index in [1.54, 1.807) is 14.2 Å². The van der Waals surface area contributed by atoms with Crippen LogP contribution in [0.25, 0.3) is 0 Å². The summed E-state index contributed by atoms with van der Waals surface area (Å²) in [4.78, 5) is 2.57. The van der Waals surface area contributed by atoms with Crippen molar-refractivity contribution in [3.63, 3.8) is 0 Å². The zero-order valence-electron chi connectivity index (χ0n) is 12.6. The van der Waals surface area contributed by atoms with Crippen LogP contribution in [0, 0.1) is 5.92 Å². The highest BCUT2D eigenvalue weighted by atomic mass is 35.5. The maximum absolute atomic E-state index is 6.61. The van der Waals surface area contributed by atoms with Crippen molar-refractivity contribution in [2.75, 3.05) is 27.3 Å². The van der Waals surface area contributed by atoms with Crippen LogP contribution in [0.2, 0.25) is 5.02 Å². The lowest BCUT2D eigenvalue weighted by atomic mass is 9.93. The monoisotopic (exact) mass is 310 g/mol. The Morgan fingerprint density at radius 1 is 1.24 bits per heavy atom. The molecule has 1 saturated carbocycles. The summed E-state index contributed by atoms with van der Waals surface area (Å²) in [5.74, 6) is 1.75. The molecule has 4 nitrogen and oxygen atoms in total. The molecule has 116 valence electrons. The van der Waals surface area contributed by atoms with Gasteiger partial charge in [0.2, 0.25) is 0 Å². The van der Waals surface area contributed by atoms with E-state index in [9.17, 15) is 0 Å². The van der Waals surface area contributed by atoms with Gasteiger partial charge in [0.15, 0.2) is 11.5 Å². The van der Waals surface area contributed by atoms with Gasteiger partial charge in [-0.15, -0.1) is 0 Å². The Morgan fingerprint density at radius 2 is 2.00 bits per heavy atom. The van der Waals surface area contributed by atoms with E-state index in [4.69, 9.17) is 26.8 Å². The van der Waals surface area contributed by atoms with Crippen molar-refractivity contribution >= 4 is 11.6 Å². The first-order chi connectivity index (χ1) is 10.2. The van der Waals surface area contributed by atoms with Crippen molar-refractivity contribution in [2.24, 2.45) is 11.7 Å². The predicted octanol–water partition coefficient (Wildman–Crippen LogP) is 2.84. The third-order valence-electron chi connectivity index (χ3n) is 4.71. The topological polar surface area (TPSA) is 47.7 Å². The molecule has 2 atom stereocenters. The summed E-state index contributed by atoms with van der Waals surface area (Å²) < 4.78 is 10.8. The van der Waals surface area contributed by atoms with Crippen LogP contribution in [0.4, 0.5) is 0 Å². The molecule has 0 spiro atoms. The fourth-order valence-electron chi connectivity index (χ4n) is 3.51. The molecule has 2 unspecified atom stereocenters. The zero-order valence-corrected chi connectivity index (χ0v) is 13.4. The minimum Gasteiger partial charge on any atom is -0.493 e. The van der Waals surface area contributed by atoms with E-state index in [2.05, 4.69) is 11.0 Å². The summed E-state index contributed by atoms with van der Waals surface area (Å²) in [5, 5.41) is 0.660. The van der Waals surface area contributed by atoms with Crippen molar-refractivity contribution in [1.29, 1.82) is 0 Å². The molecular weight excluding hydrogens is 288 g/mol. The maximum atomic E-state index is 6.61. The molecule has 3 rings (SSSR count). The molecule has 1 aromatic rings. The van der Waals surface area contributed by atoms with E-state index in [1.165, 1.54) is 12.8 Å². The fourth-order valence-corrected chi connectivity index (χ4v) is 3.86. The van der Waals surface area contributed by atoms with Crippen molar-refractivity contribution in [2.45, 2.75) is 31.3 Å². The summed E-state index contributed by atoms with van der Waals surface area (Å²) in [6.45, 7) is 1.81. The van der Waals surface area contributed by atoms with Crippen LogP contribution >= 0.6 is 11.6 Å². The molecule has 5 heteroatoms. The highest BCUT2D eigenvalue weighted by Crippen LogP contribution is 2.48. The molecular formula is C16H23ClN2O2. The molecule has 2 N–H and O–H groups in total. The van der Waals surface area contributed by atoms with Gasteiger partial charge in [-0.2, -0.15) is 0 Å². The number of nitrogens with two attached hydrogens (primary N) is 1. The summed E-state index contributed by atoms with van der Waals surface area (Å²) >= 11 is 6.61. The van der Waals surface area contributed by atoms with Gasteiger partial charge in [-0.1, -0.05) is 17.7 Å². The van der Waals surface area contributed by atoms with Crippen LogP contribution in [-0.2, 0) is 0 Å². The predicted molar refractivity (Wildman–Crippen MR) is 84.2 cm³/mol. The molecule has 1 aromatic carbocycles. The molecule has 0 aromatic heterocycles. The first-order valence-electron chi connectivity index (χ1n) is 7.57. The minimum atomic E-state index is 0.301. The quantitative estimate of drug-likeness (QED) is 0.908. The van der Waals surface area contributed by atoms with Gasteiger partial charge in [-0.25, -0.2) is 0 Å². The highest BCUT2D eigenvalue weighted by molar-refractivity contribution is 6.33. The Hall–Kier alpha value is -0.970. The van der Waals surface area contributed by atoms with Gasteiger partial charge in [0.1, 0.15) is 0 Å². The van der Waals surface area contributed by atoms with E-state index in [1.807, 2.05) is 6.07 Å². The van der Waals surface area contributed by atoms with E-state index in [0.717, 1.165) is 18.5 Å². The summed E-state index contributed by atoms with van der Waals surface area (Å²) in [5.41, 5.74) is 7.11. The van der Waals surface area contributed by atoms with Gasteiger partial charge in [0.05, 0.1) is 19.2 Å². The number of benzene rings is 1. The zero-order chi connectivity index (χ0) is 15.0. The van der Waals surface area contributed by atoms with Crippen molar-refractivity contribution in [3.8, 4) is 11.5 Å². The van der Waals surface area contributed by atoms with Gasteiger partial charge in [0, 0.05) is 12.1 Å². The van der Waals surface area contributed by atoms with E-state index >= 15 is 0 Å². The first kappa shape index (κ1) is 14.9. The average molecular weight is 311 g/mol. The second-order valence-electron chi connectivity index (χ2n) is 5.90. The highest BCUT2D eigenvalue weighted by Gasteiger charge is 2.43. The number of likely N-dealkylation sites (tertiary alicyclic amines) is 1. The lowest BCUT2D eigenvalue weighted by Crippen LogP contribution is -2.30. The summed E-state index contributed by atoms with van der Waals surface area (Å²) in [7, 11) is 3.25. The minimum absolute atomic E-state index is 0.301. The van der Waals surface area contributed by atoms with Gasteiger partial charge in [0.25, 0.3) is 0 Å². The largest absolute Gasteiger partial charge is 0.493 e. The normalized spacial score (nSPS) is 26.1. The molecule has 0 radical (unpaired) electrons. The Kier molecular flexibility index (Phi) is 4.29. The van der Waals surface area contributed by atoms with Crippen LogP contribution in [0.1, 0.15) is 30.9 Å². The Balaban J connectivity index is 2.00. The van der Waals surface area contributed by atoms with Gasteiger partial charge < -0.3 is 15.2 Å². The van der Waals surface area contributed by atoms with Crippen LogP contribution in [-0.4, -0.2) is 38.3 Å². The molecule has 2 fully saturated rings. The Morgan fingerprint density at radius 3 is 2.57 bits per heavy atom. The molecule has 1 aliphatic carbocycles. The number of halogens is 1. The summed E-state index contributed by atoms with van der Waals surface area (Å²) in [6.07, 6.45) is 3.72. The SMILES string of the molecule is COc1ccc(C2C(CN)CCN2C2CC2)c(Cl)c1OC. The smallest absolute Gasteiger partial charge is 0.179 e. The standard InChI is InChI=1S/C16H23ClN2O2/c1-20-13-6-5-12(14(17)16(13)21-2)15-10(9-18)7-8-19(15)11-3-4-11/h5-6,10-11,15H,3-4,7-9,18H2,1-2H3.